The van der Waals surface area contributed by atoms with E-state index < -0.39 is 6.92 Å². The van der Waals surface area contributed by atoms with Gasteiger partial charge in [-0.25, -0.2) is 0 Å². The number of hydrogen-bond donors (Lipinski definition) is 2. The number of hydrogen-bond acceptors (Lipinski definition) is 5. The number of aromatic nitrogens is 2. The summed E-state index contributed by atoms with van der Waals surface area (Å²) in [4.78, 5) is 0. The summed E-state index contributed by atoms with van der Waals surface area (Å²) in [5, 5.41) is 18.9. The highest BCUT2D eigenvalue weighted by molar-refractivity contribution is 6.64. The summed E-state index contributed by atoms with van der Waals surface area (Å²) in [6.07, 6.45) is 1.56. The van der Waals surface area contributed by atoms with Crippen LogP contribution in [0.3, 0.4) is 0 Å². The number of methoxy groups -OCH3 is 1. The summed E-state index contributed by atoms with van der Waals surface area (Å²) < 4.78 is 5.47. The maximum atomic E-state index is 9.84. The molecule has 1 heterocycles. The van der Waals surface area contributed by atoms with Crippen molar-refractivity contribution < 1.29 is 9.76 Å². The van der Waals surface area contributed by atoms with Gasteiger partial charge in [-0.15, -0.1) is 0 Å². The Morgan fingerprint density at radius 3 is 2.70 bits per heavy atom. The van der Waals surface area contributed by atoms with E-state index in [-0.39, 0.29) is 0 Å². The minimum atomic E-state index is -0.545. The summed E-state index contributed by atoms with van der Waals surface area (Å²) in [6, 6.07) is 9.64. The molecule has 116 valence electrons. The van der Waals surface area contributed by atoms with Gasteiger partial charge < -0.3 is 15.5 Å². The topological polar surface area (TPSA) is 81.3 Å². The molecule has 3 rings (SSSR count). The first-order valence-corrected chi connectivity index (χ1v) is 7.39. The van der Waals surface area contributed by atoms with Crippen molar-refractivity contribution in [1.29, 1.82) is 0 Å². The van der Waals surface area contributed by atoms with Gasteiger partial charge in [0.1, 0.15) is 5.75 Å². The zero-order valence-electron chi connectivity index (χ0n) is 13.4. The molecule has 0 aliphatic rings. The number of nitrogens with two attached hydrogens (primary N) is 1. The fraction of sp³-hybridized carbons (Fsp3) is 0.176. The molecule has 1 aromatic heterocycles. The Morgan fingerprint density at radius 1 is 1.22 bits per heavy atom. The van der Waals surface area contributed by atoms with Crippen molar-refractivity contribution in [3.05, 3.63) is 42.1 Å². The van der Waals surface area contributed by atoms with Gasteiger partial charge in [0, 0.05) is 10.9 Å². The van der Waals surface area contributed by atoms with Crippen LogP contribution in [0.1, 0.15) is 5.56 Å². The van der Waals surface area contributed by atoms with Gasteiger partial charge in [0.25, 0.3) is 0 Å². The minimum Gasteiger partial charge on any atom is -0.496 e. The molecule has 5 nitrogen and oxygen atoms in total. The molecule has 0 spiro atoms. The third-order valence-corrected chi connectivity index (χ3v) is 3.98. The maximum Gasteiger partial charge on any atom is 0.320 e. The molecule has 0 saturated carbocycles. The van der Waals surface area contributed by atoms with Crippen LogP contribution in [-0.4, -0.2) is 29.2 Å². The number of anilines is 1. The van der Waals surface area contributed by atoms with E-state index in [0.717, 1.165) is 38.8 Å². The van der Waals surface area contributed by atoms with E-state index in [0.29, 0.717) is 5.69 Å². The second-order valence-corrected chi connectivity index (χ2v) is 5.62. The van der Waals surface area contributed by atoms with Crippen LogP contribution in [0.4, 0.5) is 5.69 Å². The maximum absolute atomic E-state index is 9.84. The lowest BCUT2D eigenvalue weighted by molar-refractivity contribution is 0.416. The summed E-state index contributed by atoms with van der Waals surface area (Å²) in [7, 11) is 1.63. The molecule has 0 fully saturated rings. The van der Waals surface area contributed by atoms with Gasteiger partial charge in [0.15, 0.2) is 0 Å². The largest absolute Gasteiger partial charge is 0.496 e. The van der Waals surface area contributed by atoms with Crippen LogP contribution in [-0.2, 0) is 0 Å². The number of fused-ring (bicyclic) bond motifs is 1. The molecule has 0 atom stereocenters. The van der Waals surface area contributed by atoms with Crippen LogP contribution in [0.5, 0.6) is 5.75 Å². The molecule has 0 unspecified atom stereocenters. The van der Waals surface area contributed by atoms with Crippen LogP contribution in [0.15, 0.2) is 36.5 Å². The Morgan fingerprint density at radius 2 is 2.00 bits per heavy atom. The minimum absolute atomic E-state index is 0.545. The van der Waals surface area contributed by atoms with E-state index in [1.54, 1.807) is 20.1 Å². The second kappa shape index (κ2) is 5.89. The third kappa shape index (κ3) is 2.73. The average molecular weight is 307 g/mol. The van der Waals surface area contributed by atoms with Gasteiger partial charge in [-0.1, -0.05) is 25.0 Å². The van der Waals surface area contributed by atoms with Crippen LogP contribution < -0.4 is 15.9 Å². The molecular formula is C17H18BN3O2. The number of nitrogen functional groups attached to an aromatic ring is 1. The Hall–Kier alpha value is -2.60. The van der Waals surface area contributed by atoms with E-state index >= 15 is 0 Å². The number of rotatable bonds is 3. The van der Waals surface area contributed by atoms with Crippen molar-refractivity contribution in [3.63, 3.8) is 0 Å². The Balaban J connectivity index is 2.26. The van der Waals surface area contributed by atoms with Gasteiger partial charge in [-0.3, -0.25) is 0 Å². The van der Waals surface area contributed by atoms with Crippen molar-refractivity contribution in [3.8, 4) is 16.9 Å². The monoisotopic (exact) mass is 307 g/mol. The molecule has 0 saturated heterocycles. The van der Waals surface area contributed by atoms with E-state index in [1.165, 1.54) is 0 Å². The highest BCUT2D eigenvalue weighted by atomic mass is 16.5. The normalized spacial score (nSPS) is 10.8. The van der Waals surface area contributed by atoms with Gasteiger partial charge in [-0.2, -0.15) is 10.2 Å². The standard InChI is InChI=1S/C17H18BN3O2/c1-10-6-11(7-15-17(10)14(19)9-20-21-15)13-8-12(18(2)22)4-5-16(13)23-3/h4-9,22H,1-3H3,(H2,19,21). The lowest BCUT2D eigenvalue weighted by Crippen LogP contribution is -2.26. The van der Waals surface area contributed by atoms with Gasteiger partial charge in [-0.05, 0) is 35.6 Å². The molecule has 2 aromatic carbocycles. The van der Waals surface area contributed by atoms with Crippen molar-refractivity contribution >= 4 is 29.0 Å². The smallest absolute Gasteiger partial charge is 0.320 e. The van der Waals surface area contributed by atoms with Crippen LogP contribution in [0.25, 0.3) is 22.0 Å². The number of nitrogens with zero attached hydrogens (tertiary/aromatic N) is 2. The lowest BCUT2D eigenvalue weighted by Gasteiger charge is -2.13. The second-order valence-electron chi connectivity index (χ2n) is 5.62. The van der Waals surface area contributed by atoms with Crippen LogP contribution in [0, 0.1) is 6.92 Å². The van der Waals surface area contributed by atoms with Crippen molar-refractivity contribution in [2.24, 2.45) is 0 Å². The molecule has 0 radical (unpaired) electrons. The Bertz CT molecular complexity index is 881. The third-order valence-electron chi connectivity index (χ3n) is 3.98. The van der Waals surface area contributed by atoms with Gasteiger partial charge in [0.05, 0.1) is 24.5 Å². The predicted octanol–water partition coefficient (Wildman–Crippen LogP) is 2.02. The molecule has 3 N–H and O–H groups in total. The molecule has 0 aliphatic heterocycles. The van der Waals surface area contributed by atoms with Crippen molar-refractivity contribution in [1.82, 2.24) is 10.2 Å². The summed E-state index contributed by atoms with van der Waals surface area (Å²) >= 11 is 0. The van der Waals surface area contributed by atoms with Crippen LogP contribution in [0.2, 0.25) is 6.82 Å². The average Bonchev–Trinajstić information content (AvgIpc) is 2.53. The lowest BCUT2D eigenvalue weighted by atomic mass is 9.64. The molecule has 3 aromatic rings. The van der Waals surface area contributed by atoms with E-state index in [9.17, 15) is 5.02 Å². The van der Waals surface area contributed by atoms with E-state index in [2.05, 4.69) is 10.2 Å². The zero-order chi connectivity index (χ0) is 16.6. The first-order valence-electron chi connectivity index (χ1n) is 7.39. The summed E-state index contributed by atoms with van der Waals surface area (Å²) in [5.74, 6) is 0.741. The molecule has 0 bridgehead atoms. The highest BCUT2D eigenvalue weighted by Crippen LogP contribution is 2.33. The fourth-order valence-corrected chi connectivity index (χ4v) is 2.81. The molecular weight excluding hydrogens is 289 g/mol. The van der Waals surface area contributed by atoms with E-state index in [4.69, 9.17) is 10.5 Å². The highest BCUT2D eigenvalue weighted by Gasteiger charge is 2.14. The van der Waals surface area contributed by atoms with Crippen molar-refractivity contribution in [2.75, 3.05) is 12.8 Å². The summed E-state index contributed by atoms with van der Waals surface area (Å²) in [6.45, 7) is 3.19. The quantitative estimate of drug-likeness (QED) is 0.724. The summed E-state index contributed by atoms with van der Waals surface area (Å²) in [5.41, 5.74) is 11.1. The molecule has 23 heavy (non-hydrogen) atoms. The zero-order valence-corrected chi connectivity index (χ0v) is 13.4. The Labute approximate surface area is 135 Å². The number of benzene rings is 2. The first kappa shape index (κ1) is 15.3. The Kier molecular flexibility index (Phi) is 3.92. The molecule has 0 amide bonds. The number of ether oxygens (including phenoxy) is 1. The van der Waals surface area contributed by atoms with Gasteiger partial charge in [0.2, 0.25) is 0 Å². The SMILES string of the molecule is COc1ccc(B(C)O)cc1-c1cc(C)c2c(N)cnnc2c1. The predicted molar refractivity (Wildman–Crippen MR) is 94.1 cm³/mol. The van der Waals surface area contributed by atoms with E-state index in [1.807, 2.05) is 37.3 Å². The molecule has 0 aliphatic carbocycles. The molecule has 6 heteroatoms. The van der Waals surface area contributed by atoms with Gasteiger partial charge >= 0.3 is 6.92 Å². The number of aryl methyl sites for hydroxylation is 1. The first-order chi connectivity index (χ1) is 11.0. The fourth-order valence-electron chi connectivity index (χ4n) is 2.81. The van der Waals surface area contributed by atoms with Crippen molar-refractivity contribution in [2.45, 2.75) is 13.7 Å². The van der Waals surface area contributed by atoms with Crippen LogP contribution >= 0.6 is 0 Å².